The van der Waals surface area contributed by atoms with E-state index in [1.165, 1.54) is 48.6 Å². The Morgan fingerprint density at radius 3 is 1.68 bits per heavy atom. The molecule has 1 unspecified atom stereocenters. The highest BCUT2D eigenvalue weighted by molar-refractivity contribution is 6.29. The van der Waals surface area contributed by atoms with Gasteiger partial charge in [-0.3, -0.25) is 0 Å². The van der Waals surface area contributed by atoms with Gasteiger partial charge < -0.3 is 14.5 Å². The molecule has 0 aliphatic carbocycles. The smallest absolute Gasteiger partial charge is 0.159 e. The predicted molar refractivity (Wildman–Crippen MR) is 259 cm³/mol. The number of aromatic nitrogens is 2. The normalized spacial score (nSPS) is 14.3. The predicted octanol–water partition coefficient (Wildman–Crippen LogP) is 13.8. The van der Waals surface area contributed by atoms with Gasteiger partial charge in [-0.25, -0.2) is 9.98 Å². The summed E-state index contributed by atoms with van der Waals surface area (Å²) >= 11 is 0. The average molecular weight is 792 g/mol. The zero-order chi connectivity index (χ0) is 40.7. The molecule has 0 spiro atoms. The highest BCUT2D eigenvalue weighted by atomic mass is 15.2. The maximum Gasteiger partial charge on any atom is 0.159 e. The molecule has 1 aliphatic heterocycles. The van der Waals surface area contributed by atoms with E-state index in [1.807, 2.05) is 0 Å². The van der Waals surface area contributed by atoms with Gasteiger partial charge in [0, 0.05) is 43.7 Å². The molecule has 1 N–H and O–H groups in total. The van der Waals surface area contributed by atoms with Gasteiger partial charge in [0.2, 0.25) is 0 Å². The monoisotopic (exact) mass is 791 g/mol. The SMILES string of the molecule is c1ccc(C2N=C(c3cc(-n4c5ccc6ccccc6c5c5c6ccccc6ccc54)c4ccccc4c3)N=C(c3ccc4c5ccccc5n(-c5ccccc5)c4c3)N2)cc1. The van der Waals surface area contributed by atoms with E-state index < -0.39 is 0 Å². The highest BCUT2D eigenvalue weighted by Gasteiger charge is 2.25. The summed E-state index contributed by atoms with van der Waals surface area (Å²) in [5.41, 5.74) is 9.85. The molecule has 1 atom stereocenters. The van der Waals surface area contributed by atoms with Crippen LogP contribution >= 0.6 is 0 Å². The maximum absolute atomic E-state index is 5.43. The van der Waals surface area contributed by atoms with Gasteiger partial charge in [-0.1, -0.05) is 164 Å². The van der Waals surface area contributed by atoms with Gasteiger partial charge in [0.1, 0.15) is 12.0 Å². The molecule has 0 saturated heterocycles. The summed E-state index contributed by atoms with van der Waals surface area (Å²) < 4.78 is 4.82. The largest absolute Gasteiger partial charge is 0.344 e. The molecule has 0 fully saturated rings. The van der Waals surface area contributed by atoms with Crippen molar-refractivity contribution in [1.29, 1.82) is 0 Å². The van der Waals surface area contributed by atoms with Crippen LogP contribution in [0.1, 0.15) is 22.9 Å². The highest BCUT2D eigenvalue weighted by Crippen LogP contribution is 2.42. The molecule has 0 amide bonds. The molecule has 5 nitrogen and oxygen atoms in total. The Balaban J connectivity index is 1.06. The average Bonchev–Trinajstić information content (AvgIpc) is 3.87. The first-order chi connectivity index (χ1) is 30.7. The summed E-state index contributed by atoms with van der Waals surface area (Å²) in [6.07, 6.45) is -0.352. The number of fused-ring (bicyclic) bond motifs is 11. The van der Waals surface area contributed by atoms with Crippen molar-refractivity contribution in [2.24, 2.45) is 9.98 Å². The number of nitrogens with zero attached hydrogens (tertiary/aromatic N) is 4. The van der Waals surface area contributed by atoms with Gasteiger partial charge in [0.25, 0.3) is 0 Å². The third-order valence-electron chi connectivity index (χ3n) is 12.7. The van der Waals surface area contributed by atoms with Crippen molar-refractivity contribution >= 4 is 87.6 Å². The van der Waals surface area contributed by atoms with E-state index in [0.29, 0.717) is 5.84 Å². The Morgan fingerprint density at radius 2 is 0.968 bits per heavy atom. The van der Waals surface area contributed by atoms with E-state index in [-0.39, 0.29) is 6.17 Å². The van der Waals surface area contributed by atoms with Crippen LogP contribution in [0.2, 0.25) is 0 Å². The summed E-state index contributed by atoms with van der Waals surface area (Å²) in [4.78, 5) is 10.8. The number of hydrogen-bond donors (Lipinski definition) is 1. The number of para-hydroxylation sites is 2. The van der Waals surface area contributed by atoms with Crippen molar-refractivity contribution in [1.82, 2.24) is 14.5 Å². The standard InChI is InChI=1S/C57H37N5/c1-3-17-38(18-4-1)55-58-56(40-27-30-47-46-25-13-14-26-48(46)61(52(47)34-40)42-20-5-2-6-21-42)60-57(59-55)41-33-39-19-9-10-22-43(39)51(35-41)62-49-31-28-36-15-7-11-23-44(36)53(49)54-45-24-12-8-16-37(45)29-32-50(54)62/h1-35,55H,(H,58,59,60). The van der Waals surface area contributed by atoms with Crippen molar-refractivity contribution in [3.8, 4) is 11.4 Å². The second-order valence-electron chi connectivity index (χ2n) is 16.2. The lowest BCUT2D eigenvalue weighted by molar-refractivity contribution is 0.674. The number of benzene rings is 10. The number of amidine groups is 2. The second-order valence-corrected chi connectivity index (χ2v) is 16.2. The topological polar surface area (TPSA) is 46.6 Å². The Kier molecular flexibility index (Phi) is 7.60. The maximum atomic E-state index is 5.43. The van der Waals surface area contributed by atoms with Gasteiger partial charge in [0.15, 0.2) is 5.84 Å². The molecule has 0 bridgehead atoms. The van der Waals surface area contributed by atoms with E-state index in [4.69, 9.17) is 9.98 Å². The molecule has 2 aromatic heterocycles. The summed E-state index contributed by atoms with van der Waals surface area (Å²) in [6, 6.07) is 76.3. The first-order valence-corrected chi connectivity index (χ1v) is 21.2. The van der Waals surface area contributed by atoms with Crippen LogP contribution in [-0.2, 0) is 0 Å². The Bertz CT molecular complexity index is 3740. The lowest BCUT2D eigenvalue weighted by atomic mass is 10.00. The molecule has 1 aliphatic rings. The molecule has 0 saturated carbocycles. The zero-order valence-electron chi connectivity index (χ0n) is 33.6. The lowest BCUT2D eigenvalue weighted by Crippen LogP contribution is -2.33. The van der Waals surface area contributed by atoms with Crippen molar-refractivity contribution in [3.05, 3.63) is 229 Å². The number of aliphatic imine (C=N–C) groups is 2. The molecule has 3 heterocycles. The fourth-order valence-corrected chi connectivity index (χ4v) is 9.92. The number of rotatable bonds is 5. The van der Waals surface area contributed by atoms with Gasteiger partial charge in [0.05, 0.1) is 27.8 Å². The van der Waals surface area contributed by atoms with E-state index in [9.17, 15) is 0 Å². The van der Waals surface area contributed by atoms with E-state index in [0.717, 1.165) is 61.2 Å². The minimum absolute atomic E-state index is 0.352. The van der Waals surface area contributed by atoms with E-state index >= 15 is 0 Å². The molecular formula is C57H37N5. The van der Waals surface area contributed by atoms with Gasteiger partial charge in [-0.05, 0) is 81.0 Å². The first-order valence-electron chi connectivity index (χ1n) is 21.2. The quantitative estimate of drug-likeness (QED) is 0.185. The van der Waals surface area contributed by atoms with E-state index in [1.54, 1.807) is 0 Å². The fourth-order valence-electron chi connectivity index (χ4n) is 9.92. The molecule has 290 valence electrons. The van der Waals surface area contributed by atoms with Crippen LogP contribution < -0.4 is 5.32 Å². The summed E-state index contributed by atoms with van der Waals surface area (Å²) in [6.45, 7) is 0. The summed E-state index contributed by atoms with van der Waals surface area (Å²) in [5.74, 6) is 1.46. The van der Waals surface area contributed by atoms with Gasteiger partial charge >= 0.3 is 0 Å². The molecule has 12 aromatic rings. The zero-order valence-corrected chi connectivity index (χ0v) is 33.6. The first kappa shape index (κ1) is 34.6. The Hall–Kier alpha value is -8.28. The summed E-state index contributed by atoms with van der Waals surface area (Å²) in [5, 5.41) is 15.9. The third kappa shape index (κ3) is 5.28. The van der Waals surface area contributed by atoms with Crippen molar-refractivity contribution in [3.63, 3.8) is 0 Å². The van der Waals surface area contributed by atoms with Crippen molar-refractivity contribution in [2.45, 2.75) is 6.17 Å². The third-order valence-corrected chi connectivity index (χ3v) is 12.7. The molecule has 13 rings (SSSR count). The minimum atomic E-state index is -0.352. The number of nitrogens with one attached hydrogen (secondary N) is 1. The van der Waals surface area contributed by atoms with Crippen molar-refractivity contribution < 1.29 is 0 Å². The van der Waals surface area contributed by atoms with Crippen LogP contribution in [0.5, 0.6) is 0 Å². The number of hydrogen-bond acceptors (Lipinski definition) is 3. The molecular weight excluding hydrogens is 755 g/mol. The van der Waals surface area contributed by atoms with Crippen LogP contribution in [-0.4, -0.2) is 20.8 Å². The van der Waals surface area contributed by atoms with Gasteiger partial charge in [-0.15, -0.1) is 0 Å². The molecule has 10 aromatic carbocycles. The fraction of sp³-hybridized carbons (Fsp3) is 0.0175. The second kappa shape index (κ2) is 13.6. The van der Waals surface area contributed by atoms with Crippen LogP contribution in [0.15, 0.2) is 222 Å². The molecule has 0 radical (unpaired) electrons. The van der Waals surface area contributed by atoms with Crippen LogP contribution in [0.3, 0.4) is 0 Å². The van der Waals surface area contributed by atoms with Gasteiger partial charge in [-0.2, -0.15) is 0 Å². The Labute approximate surface area is 357 Å². The molecule has 62 heavy (non-hydrogen) atoms. The Morgan fingerprint density at radius 1 is 0.387 bits per heavy atom. The molecule has 5 heteroatoms. The van der Waals surface area contributed by atoms with Crippen LogP contribution in [0, 0.1) is 0 Å². The minimum Gasteiger partial charge on any atom is -0.344 e. The van der Waals surface area contributed by atoms with Crippen molar-refractivity contribution in [2.75, 3.05) is 0 Å². The van der Waals surface area contributed by atoms with Crippen LogP contribution in [0.25, 0.3) is 87.3 Å². The van der Waals surface area contributed by atoms with Crippen LogP contribution in [0.4, 0.5) is 0 Å². The van der Waals surface area contributed by atoms with E-state index in [2.05, 4.69) is 227 Å². The lowest BCUT2D eigenvalue weighted by Gasteiger charge is -2.24. The summed E-state index contributed by atoms with van der Waals surface area (Å²) in [7, 11) is 0.